The van der Waals surface area contributed by atoms with Crippen LogP contribution in [0.5, 0.6) is 0 Å². The van der Waals surface area contributed by atoms with Crippen molar-refractivity contribution in [1.29, 1.82) is 0 Å². The number of nitrogens with zero attached hydrogens (tertiary/aromatic N) is 3. The fourth-order valence-electron chi connectivity index (χ4n) is 2.67. The van der Waals surface area contributed by atoms with Crippen LogP contribution in [0, 0.1) is 0 Å². The van der Waals surface area contributed by atoms with Crippen LogP contribution < -0.4 is 5.32 Å². The third-order valence-electron chi connectivity index (χ3n) is 3.94. The molecule has 0 spiro atoms. The highest BCUT2D eigenvalue weighted by atomic mass is 79.9. The highest BCUT2D eigenvalue weighted by Gasteiger charge is 2.36. The Morgan fingerprint density at radius 2 is 1.63 bits per heavy atom. The van der Waals surface area contributed by atoms with Gasteiger partial charge in [-0.3, -0.25) is 24.6 Å². The maximum absolute atomic E-state index is 12.3. The second kappa shape index (κ2) is 6.76. The standard InChI is InChI=1S/C18H11BrN4O4/c19-11-7-5-10(6-8-11)15-21-22-18(27-15)20-14(24)9-23-16(25)12-3-1-2-4-13(12)17(23)26/h1-8H,9H2,(H,20,22,24). The van der Waals surface area contributed by atoms with Crippen LogP contribution in [0.25, 0.3) is 11.5 Å². The number of hydrogen-bond acceptors (Lipinski definition) is 6. The number of carbonyl (C=O) groups excluding carboxylic acids is 3. The van der Waals surface area contributed by atoms with E-state index in [0.29, 0.717) is 5.56 Å². The average molecular weight is 427 g/mol. The first-order chi connectivity index (χ1) is 13.0. The van der Waals surface area contributed by atoms with Crippen LogP contribution in [0.4, 0.5) is 6.01 Å². The molecule has 1 aliphatic heterocycles. The molecule has 0 bridgehead atoms. The van der Waals surface area contributed by atoms with Gasteiger partial charge in [0.05, 0.1) is 11.1 Å². The number of nitrogens with one attached hydrogen (secondary N) is 1. The Balaban J connectivity index is 1.44. The fourth-order valence-corrected chi connectivity index (χ4v) is 2.93. The van der Waals surface area contributed by atoms with E-state index in [1.165, 1.54) is 0 Å². The molecule has 4 rings (SSSR count). The van der Waals surface area contributed by atoms with Crippen LogP contribution in [-0.4, -0.2) is 39.4 Å². The van der Waals surface area contributed by atoms with Gasteiger partial charge in [0.25, 0.3) is 11.8 Å². The van der Waals surface area contributed by atoms with Crippen molar-refractivity contribution in [3.8, 4) is 11.5 Å². The second-order valence-electron chi connectivity index (χ2n) is 5.71. The highest BCUT2D eigenvalue weighted by molar-refractivity contribution is 9.10. The first kappa shape index (κ1) is 17.1. The summed E-state index contributed by atoms with van der Waals surface area (Å²) in [4.78, 5) is 37.7. The molecular formula is C18H11BrN4O4. The molecule has 0 radical (unpaired) electrons. The summed E-state index contributed by atoms with van der Waals surface area (Å²) in [5.74, 6) is -1.40. The molecule has 9 heteroatoms. The van der Waals surface area contributed by atoms with Gasteiger partial charge in [0, 0.05) is 10.0 Å². The van der Waals surface area contributed by atoms with Gasteiger partial charge in [0.1, 0.15) is 6.54 Å². The van der Waals surface area contributed by atoms with E-state index in [1.54, 1.807) is 36.4 Å². The second-order valence-corrected chi connectivity index (χ2v) is 6.63. The lowest BCUT2D eigenvalue weighted by molar-refractivity contribution is -0.116. The van der Waals surface area contributed by atoms with Crippen LogP contribution in [0.1, 0.15) is 20.7 Å². The Morgan fingerprint density at radius 1 is 1.00 bits per heavy atom. The van der Waals surface area contributed by atoms with Crippen molar-refractivity contribution in [1.82, 2.24) is 15.1 Å². The Kier molecular flexibility index (Phi) is 4.28. The van der Waals surface area contributed by atoms with Crippen LogP contribution in [0.15, 0.2) is 57.4 Å². The zero-order valence-electron chi connectivity index (χ0n) is 13.7. The summed E-state index contributed by atoms with van der Waals surface area (Å²) >= 11 is 3.33. The molecule has 1 N–H and O–H groups in total. The first-order valence-corrected chi connectivity index (χ1v) is 8.67. The van der Waals surface area contributed by atoms with Crippen LogP contribution in [0.3, 0.4) is 0 Å². The molecule has 3 aromatic rings. The molecule has 1 aliphatic rings. The van der Waals surface area contributed by atoms with Crippen molar-refractivity contribution in [2.75, 3.05) is 11.9 Å². The zero-order chi connectivity index (χ0) is 19.0. The molecule has 1 aromatic heterocycles. The molecule has 0 aliphatic carbocycles. The first-order valence-electron chi connectivity index (χ1n) is 7.87. The topological polar surface area (TPSA) is 105 Å². The lowest BCUT2D eigenvalue weighted by atomic mass is 10.1. The minimum Gasteiger partial charge on any atom is -0.403 e. The molecule has 134 valence electrons. The summed E-state index contributed by atoms with van der Waals surface area (Å²) < 4.78 is 6.31. The van der Waals surface area contributed by atoms with Gasteiger partial charge in [0.15, 0.2) is 0 Å². The molecule has 8 nitrogen and oxygen atoms in total. The van der Waals surface area contributed by atoms with Gasteiger partial charge in [-0.15, -0.1) is 5.10 Å². The monoisotopic (exact) mass is 426 g/mol. The van der Waals surface area contributed by atoms with Gasteiger partial charge in [-0.25, -0.2) is 0 Å². The molecule has 0 fully saturated rings. The summed E-state index contributed by atoms with van der Waals surface area (Å²) in [6, 6.07) is 13.5. The minimum atomic E-state index is -0.615. The van der Waals surface area contributed by atoms with Crippen molar-refractivity contribution in [2.45, 2.75) is 0 Å². The van der Waals surface area contributed by atoms with Crippen molar-refractivity contribution in [2.24, 2.45) is 0 Å². The zero-order valence-corrected chi connectivity index (χ0v) is 15.3. The number of benzene rings is 2. The molecule has 0 saturated carbocycles. The maximum atomic E-state index is 12.3. The number of imide groups is 1. The Morgan fingerprint density at radius 3 is 2.26 bits per heavy atom. The number of carbonyl (C=O) groups is 3. The van der Waals surface area contributed by atoms with Gasteiger partial charge in [0.2, 0.25) is 11.8 Å². The van der Waals surface area contributed by atoms with E-state index in [1.807, 2.05) is 12.1 Å². The van der Waals surface area contributed by atoms with E-state index in [0.717, 1.165) is 9.37 Å². The molecule has 27 heavy (non-hydrogen) atoms. The van der Waals surface area contributed by atoms with Crippen LogP contribution in [-0.2, 0) is 4.79 Å². The van der Waals surface area contributed by atoms with E-state index in [-0.39, 0.29) is 23.0 Å². The SMILES string of the molecule is O=C(CN1C(=O)c2ccccc2C1=O)Nc1nnc(-c2ccc(Br)cc2)o1. The van der Waals surface area contributed by atoms with Crippen molar-refractivity contribution < 1.29 is 18.8 Å². The van der Waals surface area contributed by atoms with E-state index in [4.69, 9.17) is 4.42 Å². The normalized spacial score (nSPS) is 13.0. The number of hydrogen-bond donors (Lipinski definition) is 1. The third-order valence-corrected chi connectivity index (χ3v) is 4.47. The maximum Gasteiger partial charge on any atom is 0.322 e. The Bertz CT molecular complexity index is 1030. The summed E-state index contributed by atoms with van der Waals surface area (Å²) in [5.41, 5.74) is 1.25. The number of amides is 3. The molecule has 2 aromatic carbocycles. The largest absolute Gasteiger partial charge is 0.403 e. The molecule has 2 heterocycles. The lowest BCUT2D eigenvalue weighted by Crippen LogP contribution is -2.37. The van der Waals surface area contributed by atoms with Gasteiger partial charge >= 0.3 is 6.01 Å². The molecule has 0 atom stereocenters. The molecular weight excluding hydrogens is 416 g/mol. The molecule has 0 saturated heterocycles. The van der Waals surface area contributed by atoms with Gasteiger partial charge in [-0.1, -0.05) is 33.2 Å². The average Bonchev–Trinajstić information content (AvgIpc) is 3.22. The Hall–Kier alpha value is -3.33. The van der Waals surface area contributed by atoms with Gasteiger partial charge in [-0.05, 0) is 36.4 Å². The summed E-state index contributed by atoms with van der Waals surface area (Å²) in [6.45, 7) is -0.442. The van der Waals surface area contributed by atoms with Crippen molar-refractivity contribution >= 4 is 39.7 Å². The lowest BCUT2D eigenvalue weighted by Gasteiger charge is -2.12. The quantitative estimate of drug-likeness (QED) is 0.642. The van der Waals surface area contributed by atoms with Crippen molar-refractivity contribution in [3.05, 3.63) is 64.1 Å². The predicted octanol–water partition coefficient (Wildman–Crippen LogP) is 2.73. The number of rotatable bonds is 4. The number of fused-ring (bicyclic) bond motifs is 1. The molecule has 3 amide bonds. The van der Waals surface area contributed by atoms with Crippen molar-refractivity contribution in [3.63, 3.8) is 0 Å². The Labute approximate surface area is 161 Å². The summed E-state index contributed by atoms with van der Waals surface area (Å²) in [5, 5.41) is 10.0. The fraction of sp³-hybridized carbons (Fsp3) is 0.0556. The third kappa shape index (κ3) is 3.24. The van der Waals surface area contributed by atoms with E-state index >= 15 is 0 Å². The molecule has 0 unspecified atom stereocenters. The van der Waals surface area contributed by atoms with E-state index < -0.39 is 24.3 Å². The summed E-state index contributed by atoms with van der Waals surface area (Å²) in [7, 11) is 0. The highest BCUT2D eigenvalue weighted by Crippen LogP contribution is 2.23. The number of anilines is 1. The van der Waals surface area contributed by atoms with E-state index in [9.17, 15) is 14.4 Å². The number of aromatic nitrogens is 2. The smallest absolute Gasteiger partial charge is 0.322 e. The minimum absolute atomic E-state index is 0.116. The predicted molar refractivity (Wildman–Crippen MR) is 97.9 cm³/mol. The van der Waals surface area contributed by atoms with Crippen LogP contribution in [0.2, 0.25) is 0 Å². The van der Waals surface area contributed by atoms with Gasteiger partial charge in [-0.2, -0.15) is 0 Å². The summed E-state index contributed by atoms with van der Waals surface area (Å²) in [6.07, 6.45) is 0. The van der Waals surface area contributed by atoms with Gasteiger partial charge < -0.3 is 4.42 Å². The number of halogens is 1. The van der Waals surface area contributed by atoms with Crippen LogP contribution >= 0.6 is 15.9 Å². The van der Waals surface area contributed by atoms with E-state index in [2.05, 4.69) is 31.4 Å².